The second kappa shape index (κ2) is 8.06. The highest BCUT2D eigenvalue weighted by Crippen LogP contribution is 2.32. The molecule has 0 radical (unpaired) electrons. The Morgan fingerprint density at radius 2 is 2.07 bits per heavy atom. The van der Waals surface area contributed by atoms with Crippen molar-refractivity contribution in [3.05, 3.63) is 65.1 Å². The van der Waals surface area contributed by atoms with Gasteiger partial charge < -0.3 is 15.3 Å². The standard InChI is InChI=1S/C21H27N7S/c1-14-21(29-27-7-8-28(23)18(11-22)13-27)10-17(26(14)3)9-16-5-4-6-20-19(16)12-24-15(2)25-20/h4-6,10-12H,7-9,13,22-23H2,1-3H3/b18-11-. The van der Waals surface area contributed by atoms with Gasteiger partial charge in [-0.1, -0.05) is 12.1 Å². The zero-order valence-corrected chi connectivity index (χ0v) is 17.9. The third-order valence-corrected chi connectivity index (χ3v) is 6.69. The minimum Gasteiger partial charge on any atom is -0.403 e. The van der Waals surface area contributed by atoms with Gasteiger partial charge in [0.2, 0.25) is 0 Å². The summed E-state index contributed by atoms with van der Waals surface area (Å²) in [5.74, 6) is 6.78. The van der Waals surface area contributed by atoms with Crippen molar-refractivity contribution in [2.45, 2.75) is 25.2 Å². The molecular weight excluding hydrogens is 382 g/mol. The minimum atomic E-state index is 0.737. The molecule has 0 unspecified atom stereocenters. The SMILES string of the molecule is Cc1ncc2c(Cc3cc(SN4CCN(N)/C(=C\N)C4)c(C)n3C)cccc2n1. The maximum Gasteiger partial charge on any atom is 0.125 e. The molecule has 7 nitrogen and oxygen atoms in total. The van der Waals surface area contributed by atoms with Gasteiger partial charge in [-0.2, -0.15) is 0 Å². The zero-order chi connectivity index (χ0) is 20.5. The summed E-state index contributed by atoms with van der Waals surface area (Å²) < 4.78 is 4.58. The number of nitrogens with two attached hydrogens (primary N) is 2. The highest BCUT2D eigenvalue weighted by molar-refractivity contribution is 7.97. The van der Waals surface area contributed by atoms with E-state index in [2.05, 4.69) is 51.0 Å². The largest absolute Gasteiger partial charge is 0.403 e. The molecule has 2 aromatic heterocycles. The number of hydrazine groups is 1. The lowest BCUT2D eigenvalue weighted by Gasteiger charge is -2.34. The molecule has 29 heavy (non-hydrogen) atoms. The summed E-state index contributed by atoms with van der Waals surface area (Å²) in [6, 6.07) is 8.57. The minimum absolute atomic E-state index is 0.737. The topological polar surface area (TPSA) is 89.2 Å². The van der Waals surface area contributed by atoms with Gasteiger partial charge >= 0.3 is 0 Å². The first kappa shape index (κ1) is 19.8. The molecule has 0 aliphatic carbocycles. The number of hydrogen-bond donors (Lipinski definition) is 2. The molecule has 0 atom stereocenters. The summed E-state index contributed by atoms with van der Waals surface area (Å²) in [4.78, 5) is 10.2. The van der Waals surface area contributed by atoms with Gasteiger partial charge in [0.1, 0.15) is 5.82 Å². The maximum atomic E-state index is 5.98. The number of piperazine rings is 1. The Labute approximate surface area is 175 Å². The molecule has 0 saturated carbocycles. The van der Waals surface area contributed by atoms with Crippen molar-refractivity contribution in [1.29, 1.82) is 0 Å². The Morgan fingerprint density at radius 3 is 2.86 bits per heavy atom. The van der Waals surface area contributed by atoms with Crippen molar-refractivity contribution in [2.75, 3.05) is 19.6 Å². The Bertz CT molecular complexity index is 1070. The van der Waals surface area contributed by atoms with E-state index < -0.39 is 0 Å². The second-order valence-electron chi connectivity index (χ2n) is 7.39. The molecule has 1 aliphatic rings. The molecule has 0 amide bonds. The number of aromatic nitrogens is 3. The Kier molecular flexibility index (Phi) is 5.49. The van der Waals surface area contributed by atoms with Gasteiger partial charge in [0.15, 0.2) is 0 Å². The van der Waals surface area contributed by atoms with E-state index in [1.54, 1.807) is 23.2 Å². The van der Waals surface area contributed by atoms with Gasteiger partial charge in [0.25, 0.3) is 0 Å². The molecule has 1 saturated heterocycles. The van der Waals surface area contributed by atoms with Crippen LogP contribution in [0.3, 0.4) is 0 Å². The van der Waals surface area contributed by atoms with E-state index in [9.17, 15) is 0 Å². The third kappa shape index (κ3) is 3.96. The van der Waals surface area contributed by atoms with E-state index in [1.807, 2.05) is 19.2 Å². The molecule has 3 heterocycles. The first-order chi connectivity index (χ1) is 14.0. The normalized spacial score (nSPS) is 16.8. The first-order valence-electron chi connectivity index (χ1n) is 9.68. The van der Waals surface area contributed by atoms with E-state index >= 15 is 0 Å². The van der Waals surface area contributed by atoms with Crippen LogP contribution in [-0.2, 0) is 13.5 Å². The van der Waals surface area contributed by atoms with Crippen LogP contribution in [0.15, 0.2) is 47.3 Å². The van der Waals surface area contributed by atoms with Gasteiger partial charge in [-0.3, -0.25) is 0 Å². The molecule has 3 aromatic rings. The average molecular weight is 410 g/mol. The Hall–Kier alpha value is -2.55. The van der Waals surface area contributed by atoms with E-state index in [0.717, 1.165) is 48.5 Å². The van der Waals surface area contributed by atoms with Crippen molar-refractivity contribution in [3.8, 4) is 0 Å². The van der Waals surface area contributed by atoms with Gasteiger partial charge in [0, 0.05) is 60.6 Å². The molecule has 8 heteroatoms. The number of hydrogen-bond acceptors (Lipinski definition) is 7. The van der Waals surface area contributed by atoms with Crippen molar-refractivity contribution < 1.29 is 0 Å². The number of benzene rings is 1. The third-order valence-electron chi connectivity index (χ3n) is 5.51. The van der Waals surface area contributed by atoms with Crippen LogP contribution < -0.4 is 11.6 Å². The highest BCUT2D eigenvalue weighted by atomic mass is 32.2. The van der Waals surface area contributed by atoms with Crippen LogP contribution in [0.4, 0.5) is 0 Å². The number of rotatable bonds is 4. The van der Waals surface area contributed by atoms with Crippen LogP contribution in [-0.4, -0.2) is 43.5 Å². The molecule has 1 aromatic carbocycles. The highest BCUT2D eigenvalue weighted by Gasteiger charge is 2.21. The van der Waals surface area contributed by atoms with Crippen LogP contribution >= 0.6 is 11.9 Å². The van der Waals surface area contributed by atoms with Gasteiger partial charge in [-0.05, 0) is 43.5 Å². The molecule has 4 rings (SSSR count). The number of nitrogens with zero attached hydrogens (tertiary/aromatic N) is 5. The second-order valence-corrected chi connectivity index (χ2v) is 8.53. The van der Waals surface area contributed by atoms with Crippen LogP contribution in [0.1, 0.15) is 22.8 Å². The van der Waals surface area contributed by atoms with Gasteiger partial charge in [0.05, 0.1) is 17.8 Å². The molecule has 1 fully saturated rings. The van der Waals surface area contributed by atoms with Gasteiger partial charge in [-0.15, -0.1) is 0 Å². The average Bonchev–Trinajstić information content (AvgIpc) is 2.97. The van der Waals surface area contributed by atoms with Crippen molar-refractivity contribution in [3.63, 3.8) is 0 Å². The number of fused-ring (bicyclic) bond motifs is 1. The number of aryl methyl sites for hydroxylation is 1. The van der Waals surface area contributed by atoms with E-state index in [4.69, 9.17) is 11.6 Å². The zero-order valence-electron chi connectivity index (χ0n) is 17.1. The smallest absolute Gasteiger partial charge is 0.125 e. The van der Waals surface area contributed by atoms with Crippen LogP contribution in [0.2, 0.25) is 0 Å². The lowest BCUT2D eigenvalue weighted by molar-refractivity contribution is 0.257. The van der Waals surface area contributed by atoms with Crippen molar-refractivity contribution in [1.82, 2.24) is 23.8 Å². The molecule has 152 valence electrons. The summed E-state index contributed by atoms with van der Waals surface area (Å²) >= 11 is 1.77. The summed E-state index contributed by atoms with van der Waals surface area (Å²) in [5.41, 5.74) is 11.4. The van der Waals surface area contributed by atoms with Crippen LogP contribution in [0, 0.1) is 13.8 Å². The predicted molar refractivity (Wildman–Crippen MR) is 118 cm³/mol. The van der Waals surface area contributed by atoms with Crippen molar-refractivity contribution in [2.24, 2.45) is 18.6 Å². The maximum absolute atomic E-state index is 5.98. The fourth-order valence-electron chi connectivity index (χ4n) is 3.63. The fourth-order valence-corrected chi connectivity index (χ4v) is 4.74. The molecule has 4 N–H and O–H groups in total. The summed E-state index contributed by atoms with van der Waals surface area (Å²) in [6.45, 7) is 6.49. The van der Waals surface area contributed by atoms with Crippen LogP contribution in [0.5, 0.6) is 0 Å². The van der Waals surface area contributed by atoms with E-state index in [-0.39, 0.29) is 0 Å². The van der Waals surface area contributed by atoms with Crippen molar-refractivity contribution >= 4 is 22.9 Å². The Balaban J connectivity index is 1.58. The fraction of sp³-hybridized carbons (Fsp3) is 0.333. The van der Waals surface area contributed by atoms with E-state index in [1.165, 1.54) is 21.8 Å². The summed E-state index contributed by atoms with van der Waals surface area (Å²) in [6.07, 6.45) is 4.37. The lowest BCUT2D eigenvalue weighted by atomic mass is 10.1. The van der Waals surface area contributed by atoms with Gasteiger partial charge in [-0.25, -0.2) is 20.1 Å². The van der Waals surface area contributed by atoms with Crippen LogP contribution in [0.25, 0.3) is 10.9 Å². The monoisotopic (exact) mass is 409 g/mol. The lowest BCUT2D eigenvalue weighted by Crippen LogP contribution is -2.45. The Morgan fingerprint density at radius 1 is 1.24 bits per heavy atom. The molecule has 0 bridgehead atoms. The molecule has 1 aliphatic heterocycles. The molecule has 0 spiro atoms. The quantitative estimate of drug-likeness (QED) is 0.505. The summed E-state index contributed by atoms with van der Waals surface area (Å²) in [7, 11) is 2.13. The predicted octanol–water partition coefficient (Wildman–Crippen LogP) is 2.47. The first-order valence-corrected chi connectivity index (χ1v) is 10.5. The summed E-state index contributed by atoms with van der Waals surface area (Å²) in [5, 5.41) is 2.84. The van der Waals surface area contributed by atoms with E-state index in [0.29, 0.717) is 0 Å². The molecular formula is C21H27N7S.